The Bertz CT molecular complexity index is 620. The molecule has 4 heteroatoms. The number of ether oxygens (including phenoxy) is 2. The molecule has 130 valence electrons. The van der Waals surface area contributed by atoms with E-state index in [1.807, 2.05) is 6.07 Å². The van der Waals surface area contributed by atoms with E-state index in [1.54, 1.807) is 26.4 Å². The van der Waals surface area contributed by atoms with Gasteiger partial charge in [0.1, 0.15) is 0 Å². The molecule has 4 nitrogen and oxygen atoms in total. The van der Waals surface area contributed by atoms with Gasteiger partial charge in [-0.05, 0) is 50.7 Å². The zero-order valence-corrected chi connectivity index (χ0v) is 14.7. The largest absolute Gasteiger partial charge is 0.493 e. The summed E-state index contributed by atoms with van der Waals surface area (Å²) in [4.78, 5) is 12.5. The maximum absolute atomic E-state index is 12.5. The summed E-state index contributed by atoms with van der Waals surface area (Å²) in [5.74, 6) is 1.14. The van der Waals surface area contributed by atoms with Crippen molar-refractivity contribution >= 4 is 5.91 Å². The summed E-state index contributed by atoms with van der Waals surface area (Å²) in [6.07, 6.45) is 10.5. The molecule has 0 radical (unpaired) electrons. The van der Waals surface area contributed by atoms with Crippen LogP contribution in [0.1, 0.15) is 48.0 Å². The molecule has 0 spiro atoms. The van der Waals surface area contributed by atoms with Crippen LogP contribution in [-0.4, -0.2) is 26.7 Å². The summed E-state index contributed by atoms with van der Waals surface area (Å²) in [5.41, 5.74) is 2.94. The van der Waals surface area contributed by atoms with Gasteiger partial charge in [0.25, 0.3) is 5.91 Å². The molecular formula is C20H27NO3. The number of methoxy groups -OCH3 is 2. The van der Waals surface area contributed by atoms with Crippen molar-refractivity contribution in [2.45, 2.75) is 38.5 Å². The fourth-order valence-electron chi connectivity index (χ4n) is 3.05. The van der Waals surface area contributed by atoms with Gasteiger partial charge in [0, 0.05) is 17.7 Å². The minimum atomic E-state index is -0.0855. The van der Waals surface area contributed by atoms with E-state index in [0.717, 1.165) is 18.4 Å². The molecule has 0 saturated heterocycles. The fraction of sp³-hybridized carbons (Fsp3) is 0.450. The van der Waals surface area contributed by atoms with Gasteiger partial charge in [-0.1, -0.05) is 17.7 Å². The topological polar surface area (TPSA) is 47.6 Å². The van der Waals surface area contributed by atoms with E-state index in [1.165, 1.54) is 24.8 Å². The first-order valence-corrected chi connectivity index (χ1v) is 8.51. The van der Waals surface area contributed by atoms with Crippen molar-refractivity contribution in [3.05, 3.63) is 47.6 Å². The second-order valence-corrected chi connectivity index (χ2v) is 5.98. The van der Waals surface area contributed by atoms with E-state index in [0.29, 0.717) is 30.0 Å². The highest BCUT2D eigenvalue weighted by Crippen LogP contribution is 2.33. The molecule has 24 heavy (non-hydrogen) atoms. The Hall–Kier alpha value is -2.23. The molecule has 2 rings (SSSR count). The molecule has 1 aliphatic rings. The van der Waals surface area contributed by atoms with E-state index < -0.39 is 0 Å². The molecule has 1 amide bonds. The number of benzene rings is 1. The summed E-state index contributed by atoms with van der Waals surface area (Å²) in [6.45, 7) is 4.42. The third-order valence-electron chi connectivity index (χ3n) is 4.30. The maximum Gasteiger partial charge on any atom is 0.251 e. The maximum atomic E-state index is 12.5. The molecule has 0 saturated carbocycles. The Morgan fingerprint density at radius 1 is 1.29 bits per heavy atom. The molecule has 1 aromatic carbocycles. The van der Waals surface area contributed by atoms with Crippen LogP contribution < -0.4 is 14.8 Å². The SMILES string of the molecule is C=CCc1cc(C(=O)NCCC2=CCCCC2)cc(OC)c1OC. The van der Waals surface area contributed by atoms with Gasteiger partial charge < -0.3 is 14.8 Å². The van der Waals surface area contributed by atoms with Crippen molar-refractivity contribution in [2.24, 2.45) is 0 Å². The molecule has 0 atom stereocenters. The molecular weight excluding hydrogens is 302 g/mol. The van der Waals surface area contributed by atoms with Crippen LogP contribution in [0.2, 0.25) is 0 Å². The highest BCUT2D eigenvalue weighted by Gasteiger charge is 2.15. The molecule has 1 aliphatic carbocycles. The zero-order valence-electron chi connectivity index (χ0n) is 14.7. The second-order valence-electron chi connectivity index (χ2n) is 5.98. The Morgan fingerprint density at radius 2 is 2.12 bits per heavy atom. The highest BCUT2D eigenvalue weighted by molar-refractivity contribution is 5.95. The van der Waals surface area contributed by atoms with E-state index in [4.69, 9.17) is 9.47 Å². The number of rotatable bonds is 8. The molecule has 1 N–H and O–H groups in total. The number of allylic oxidation sites excluding steroid dienone is 2. The van der Waals surface area contributed by atoms with E-state index >= 15 is 0 Å². The Balaban J connectivity index is 2.06. The average Bonchev–Trinajstić information content (AvgIpc) is 2.62. The second kappa shape index (κ2) is 9.16. The van der Waals surface area contributed by atoms with Crippen LogP contribution in [0.15, 0.2) is 36.4 Å². The van der Waals surface area contributed by atoms with Crippen molar-refractivity contribution in [1.29, 1.82) is 0 Å². The van der Waals surface area contributed by atoms with E-state index in [2.05, 4.69) is 18.0 Å². The summed E-state index contributed by atoms with van der Waals surface area (Å²) < 4.78 is 10.8. The van der Waals surface area contributed by atoms with Crippen molar-refractivity contribution in [1.82, 2.24) is 5.32 Å². The number of hydrogen-bond donors (Lipinski definition) is 1. The summed E-state index contributed by atoms with van der Waals surface area (Å²) >= 11 is 0. The predicted octanol–water partition coefficient (Wildman–Crippen LogP) is 4.05. The summed E-state index contributed by atoms with van der Waals surface area (Å²) in [7, 11) is 3.18. The summed E-state index contributed by atoms with van der Waals surface area (Å²) in [6, 6.07) is 3.57. The number of nitrogens with one attached hydrogen (secondary N) is 1. The van der Waals surface area contributed by atoms with Crippen molar-refractivity contribution in [3.63, 3.8) is 0 Å². The van der Waals surface area contributed by atoms with Crippen molar-refractivity contribution < 1.29 is 14.3 Å². The van der Waals surface area contributed by atoms with Crippen LogP contribution in [-0.2, 0) is 6.42 Å². The molecule has 0 aromatic heterocycles. The van der Waals surface area contributed by atoms with Gasteiger partial charge in [-0.15, -0.1) is 6.58 Å². The lowest BCUT2D eigenvalue weighted by molar-refractivity contribution is 0.0953. The van der Waals surface area contributed by atoms with Crippen molar-refractivity contribution in [3.8, 4) is 11.5 Å². The minimum absolute atomic E-state index is 0.0855. The number of hydrogen-bond acceptors (Lipinski definition) is 3. The average molecular weight is 329 g/mol. The molecule has 0 fully saturated rings. The van der Waals surface area contributed by atoms with Gasteiger partial charge in [0.05, 0.1) is 14.2 Å². The highest BCUT2D eigenvalue weighted by atomic mass is 16.5. The lowest BCUT2D eigenvalue weighted by atomic mass is 9.97. The smallest absolute Gasteiger partial charge is 0.251 e. The van der Waals surface area contributed by atoms with E-state index in [9.17, 15) is 4.79 Å². The molecule has 1 aromatic rings. The quantitative estimate of drug-likeness (QED) is 0.732. The Kier molecular flexibility index (Phi) is 6.91. The first-order valence-electron chi connectivity index (χ1n) is 8.51. The molecule has 0 unspecified atom stereocenters. The Morgan fingerprint density at radius 3 is 2.75 bits per heavy atom. The predicted molar refractivity (Wildman–Crippen MR) is 96.9 cm³/mol. The van der Waals surface area contributed by atoms with Crippen LogP contribution in [0.25, 0.3) is 0 Å². The van der Waals surface area contributed by atoms with Crippen LogP contribution in [0.3, 0.4) is 0 Å². The van der Waals surface area contributed by atoms with Gasteiger partial charge in [-0.3, -0.25) is 4.79 Å². The van der Waals surface area contributed by atoms with Crippen molar-refractivity contribution in [2.75, 3.05) is 20.8 Å². The number of amides is 1. The normalized spacial score (nSPS) is 13.8. The third kappa shape index (κ3) is 4.63. The zero-order chi connectivity index (χ0) is 17.4. The monoisotopic (exact) mass is 329 g/mol. The lowest BCUT2D eigenvalue weighted by Gasteiger charge is -2.15. The van der Waals surface area contributed by atoms with Crippen LogP contribution in [0.5, 0.6) is 11.5 Å². The van der Waals surface area contributed by atoms with E-state index in [-0.39, 0.29) is 5.91 Å². The first kappa shape index (κ1) is 18.1. The van der Waals surface area contributed by atoms with Gasteiger partial charge in [0.15, 0.2) is 11.5 Å². The van der Waals surface area contributed by atoms with Gasteiger partial charge in [-0.25, -0.2) is 0 Å². The van der Waals surface area contributed by atoms with Crippen LogP contribution in [0, 0.1) is 0 Å². The summed E-state index contributed by atoms with van der Waals surface area (Å²) in [5, 5.41) is 3.00. The fourth-order valence-corrected chi connectivity index (χ4v) is 3.05. The molecule has 0 bridgehead atoms. The lowest BCUT2D eigenvalue weighted by Crippen LogP contribution is -2.25. The molecule has 0 heterocycles. The standard InChI is InChI=1S/C20H27NO3/c1-4-8-16-13-17(14-18(23-2)19(16)24-3)20(22)21-12-11-15-9-6-5-7-10-15/h4,9,13-14H,1,5-8,10-12H2,2-3H3,(H,21,22). The first-order chi connectivity index (χ1) is 11.7. The van der Waals surface area contributed by atoms with Gasteiger partial charge in [-0.2, -0.15) is 0 Å². The molecule has 0 aliphatic heterocycles. The number of carbonyl (C=O) groups is 1. The Labute approximate surface area is 144 Å². The van der Waals surface area contributed by atoms with Gasteiger partial charge in [0.2, 0.25) is 0 Å². The third-order valence-corrected chi connectivity index (χ3v) is 4.30. The number of carbonyl (C=O) groups excluding carboxylic acids is 1. The minimum Gasteiger partial charge on any atom is -0.493 e. The van der Waals surface area contributed by atoms with Crippen LogP contribution >= 0.6 is 0 Å². The van der Waals surface area contributed by atoms with Crippen LogP contribution in [0.4, 0.5) is 0 Å². The van der Waals surface area contributed by atoms with Gasteiger partial charge >= 0.3 is 0 Å².